The van der Waals surface area contributed by atoms with E-state index in [0.29, 0.717) is 18.4 Å². The Bertz CT molecular complexity index is 471. The number of alkyl halides is 3. The van der Waals surface area contributed by atoms with Crippen molar-refractivity contribution < 1.29 is 13.2 Å². The zero-order chi connectivity index (χ0) is 15.3. The van der Waals surface area contributed by atoms with Gasteiger partial charge in [0.25, 0.3) is 0 Å². The second kappa shape index (κ2) is 6.83. The fourth-order valence-corrected chi connectivity index (χ4v) is 2.21. The molecular formula is C15H20F3N3. The first-order chi connectivity index (χ1) is 9.99. The third-order valence-corrected chi connectivity index (χ3v) is 3.35. The molecule has 0 aromatic heterocycles. The van der Waals surface area contributed by atoms with Crippen molar-refractivity contribution >= 4 is 5.96 Å². The Kier molecular flexibility index (Phi) is 5.09. The van der Waals surface area contributed by atoms with E-state index in [1.807, 2.05) is 25.1 Å². The molecule has 1 aliphatic carbocycles. The fourth-order valence-electron chi connectivity index (χ4n) is 2.21. The van der Waals surface area contributed by atoms with Crippen LogP contribution in [0.1, 0.15) is 31.2 Å². The summed E-state index contributed by atoms with van der Waals surface area (Å²) in [7, 11) is 0. The highest BCUT2D eigenvalue weighted by Crippen LogP contribution is 2.40. The number of halogens is 3. The van der Waals surface area contributed by atoms with Crippen LogP contribution in [0.2, 0.25) is 0 Å². The summed E-state index contributed by atoms with van der Waals surface area (Å²) in [5, 5.41) is 6.18. The minimum atomic E-state index is -4.16. The lowest BCUT2D eigenvalue weighted by Gasteiger charge is -2.11. The van der Waals surface area contributed by atoms with E-state index in [0.717, 1.165) is 6.42 Å². The van der Waals surface area contributed by atoms with Crippen molar-refractivity contribution in [2.45, 2.75) is 37.9 Å². The van der Waals surface area contributed by atoms with Crippen LogP contribution >= 0.6 is 0 Å². The molecule has 0 aliphatic heterocycles. The summed E-state index contributed by atoms with van der Waals surface area (Å²) in [5.74, 6) is 0.878. The third kappa shape index (κ3) is 5.28. The topological polar surface area (TPSA) is 36.4 Å². The molecule has 21 heavy (non-hydrogen) atoms. The van der Waals surface area contributed by atoms with Crippen molar-refractivity contribution in [3.8, 4) is 0 Å². The molecular weight excluding hydrogens is 279 g/mol. The third-order valence-electron chi connectivity index (χ3n) is 3.35. The van der Waals surface area contributed by atoms with Gasteiger partial charge in [-0.3, -0.25) is 4.99 Å². The summed E-state index contributed by atoms with van der Waals surface area (Å²) < 4.78 is 36.4. The van der Waals surface area contributed by atoms with E-state index in [4.69, 9.17) is 0 Å². The average molecular weight is 299 g/mol. The Balaban J connectivity index is 1.85. The lowest BCUT2D eigenvalue weighted by Crippen LogP contribution is -2.39. The van der Waals surface area contributed by atoms with Crippen molar-refractivity contribution in [2.75, 3.05) is 13.1 Å². The van der Waals surface area contributed by atoms with E-state index in [1.54, 1.807) is 0 Å². The van der Waals surface area contributed by atoms with Crippen LogP contribution in [0.4, 0.5) is 13.2 Å². The first-order valence-electron chi connectivity index (χ1n) is 7.16. The van der Waals surface area contributed by atoms with Crippen LogP contribution in [0, 0.1) is 0 Å². The van der Waals surface area contributed by atoms with Gasteiger partial charge >= 0.3 is 6.18 Å². The number of nitrogens with one attached hydrogen (secondary N) is 2. The van der Waals surface area contributed by atoms with Gasteiger partial charge in [0.2, 0.25) is 0 Å². The van der Waals surface area contributed by atoms with Crippen molar-refractivity contribution in [1.29, 1.82) is 0 Å². The van der Waals surface area contributed by atoms with Gasteiger partial charge in [-0.05, 0) is 18.9 Å². The van der Waals surface area contributed by atoms with Crippen molar-refractivity contribution in [1.82, 2.24) is 10.6 Å². The minimum Gasteiger partial charge on any atom is -0.357 e. The first-order valence-corrected chi connectivity index (χ1v) is 7.16. The zero-order valence-electron chi connectivity index (χ0n) is 12.0. The normalized spacial score (nSPS) is 22.0. The largest absolute Gasteiger partial charge is 0.390 e. The van der Waals surface area contributed by atoms with Crippen LogP contribution in [0.15, 0.2) is 35.3 Å². The number of nitrogens with zero attached hydrogens (tertiary/aromatic N) is 1. The summed E-state index contributed by atoms with van der Waals surface area (Å²) in [6.07, 6.45) is -4.07. The van der Waals surface area contributed by atoms with E-state index in [2.05, 4.69) is 27.8 Å². The molecule has 0 radical (unpaired) electrons. The highest BCUT2D eigenvalue weighted by atomic mass is 19.4. The van der Waals surface area contributed by atoms with Gasteiger partial charge in [0.1, 0.15) is 0 Å². The molecule has 1 saturated carbocycles. The quantitative estimate of drug-likeness (QED) is 0.647. The van der Waals surface area contributed by atoms with Gasteiger partial charge in [-0.1, -0.05) is 30.3 Å². The molecule has 1 aromatic rings. The molecule has 3 nitrogen and oxygen atoms in total. The molecule has 0 spiro atoms. The number of hydrogen-bond acceptors (Lipinski definition) is 1. The van der Waals surface area contributed by atoms with E-state index in [9.17, 15) is 13.2 Å². The lowest BCUT2D eigenvalue weighted by molar-refractivity contribution is -0.132. The fraction of sp³-hybridized carbons (Fsp3) is 0.533. The highest BCUT2D eigenvalue weighted by molar-refractivity contribution is 5.80. The number of hydrogen-bond donors (Lipinski definition) is 2. The Hall–Kier alpha value is -1.72. The second-order valence-electron chi connectivity index (χ2n) is 5.13. The predicted molar refractivity (Wildman–Crippen MR) is 77.4 cm³/mol. The van der Waals surface area contributed by atoms with Gasteiger partial charge in [-0.15, -0.1) is 0 Å². The molecule has 2 rings (SSSR count). The van der Waals surface area contributed by atoms with Crippen LogP contribution in [0.3, 0.4) is 0 Å². The standard InChI is InChI=1S/C15H20F3N3/c1-2-19-14(20-9-8-15(16,17)18)21-13-10-12(13)11-6-4-3-5-7-11/h3-7,12-13H,2,8-10H2,1H3,(H2,19,20,21). The molecule has 0 amide bonds. The molecule has 1 fully saturated rings. The van der Waals surface area contributed by atoms with E-state index in [-0.39, 0.29) is 12.6 Å². The Labute approximate surface area is 122 Å². The summed E-state index contributed by atoms with van der Waals surface area (Å²) >= 11 is 0. The first kappa shape index (κ1) is 15.7. The van der Waals surface area contributed by atoms with Crippen LogP contribution in [0.25, 0.3) is 0 Å². The van der Waals surface area contributed by atoms with Gasteiger partial charge in [0, 0.05) is 18.5 Å². The van der Waals surface area contributed by atoms with Gasteiger partial charge in [-0.25, -0.2) is 0 Å². The Morgan fingerprint density at radius 1 is 1.29 bits per heavy atom. The smallest absolute Gasteiger partial charge is 0.357 e. The maximum atomic E-state index is 12.1. The maximum Gasteiger partial charge on any atom is 0.390 e. The molecule has 2 atom stereocenters. The molecule has 1 aliphatic rings. The summed E-state index contributed by atoms with van der Waals surface area (Å²) in [6.45, 7) is 2.27. The lowest BCUT2D eigenvalue weighted by atomic mass is 10.1. The predicted octanol–water partition coefficient (Wildman–Crippen LogP) is 3.05. The summed E-state index contributed by atoms with van der Waals surface area (Å²) in [6, 6.07) is 10.3. The SMILES string of the molecule is CCNC(=NCCC(F)(F)F)NC1CC1c1ccccc1. The molecule has 2 unspecified atom stereocenters. The molecule has 0 bridgehead atoms. The maximum absolute atomic E-state index is 12.1. The van der Waals surface area contributed by atoms with Crippen LogP contribution in [0.5, 0.6) is 0 Å². The van der Waals surface area contributed by atoms with Crippen molar-refractivity contribution in [2.24, 2.45) is 4.99 Å². The summed E-state index contributed by atoms with van der Waals surface area (Å²) in [5.41, 5.74) is 1.25. The molecule has 6 heteroatoms. The average Bonchev–Trinajstić information content (AvgIpc) is 3.18. The number of benzene rings is 1. The van der Waals surface area contributed by atoms with Crippen molar-refractivity contribution in [3.05, 3.63) is 35.9 Å². The summed E-state index contributed by atoms with van der Waals surface area (Å²) in [4.78, 5) is 3.98. The van der Waals surface area contributed by atoms with E-state index < -0.39 is 12.6 Å². The number of aliphatic imine (C=N–C) groups is 1. The van der Waals surface area contributed by atoms with E-state index in [1.165, 1.54) is 5.56 Å². The molecule has 0 saturated heterocycles. The molecule has 1 aromatic carbocycles. The van der Waals surface area contributed by atoms with Gasteiger partial charge in [0.15, 0.2) is 5.96 Å². The second-order valence-corrected chi connectivity index (χ2v) is 5.13. The monoisotopic (exact) mass is 299 g/mol. The molecule has 2 N–H and O–H groups in total. The number of guanidine groups is 1. The van der Waals surface area contributed by atoms with Gasteiger partial charge in [0.05, 0.1) is 13.0 Å². The minimum absolute atomic E-state index is 0.246. The number of rotatable bonds is 5. The van der Waals surface area contributed by atoms with E-state index >= 15 is 0 Å². The zero-order valence-corrected chi connectivity index (χ0v) is 12.0. The van der Waals surface area contributed by atoms with Crippen LogP contribution in [-0.4, -0.2) is 31.3 Å². The van der Waals surface area contributed by atoms with Crippen molar-refractivity contribution in [3.63, 3.8) is 0 Å². The molecule has 0 heterocycles. The van der Waals surface area contributed by atoms with Crippen LogP contribution < -0.4 is 10.6 Å². The Morgan fingerprint density at radius 2 is 2.00 bits per heavy atom. The van der Waals surface area contributed by atoms with Crippen LogP contribution in [-0.2, 0) is 0 Å². The molecule has 116 valence electrons. The Morgan fingerprint density at radius 3 is 2.62 bits per heavy atom. The van der Waals surface area contributed by atoms with Gasteiger partial charge in [-0.2, -0.15) is 13.2 Å². The highest BCUT2D eigenvalue weighted by Gasteiger charge is 2.38. The van der Waals surface area contributed by atoms with Gasteiger partial charge < -0.3 is 10.6 Å².